The Hall–Kier alpha value is -1.13. The molecule has 1 N–H and O–H groups in total. The van der Waals surface area contributed by atoms with Gasteiger partial charge in [-0.2, -0.15) is 0 Å². The van der Waals surface area contributed by atoms with Gasteiger partial charge in [-0.1, -0.05) is 6.07 Å². The number of hydrogen-bond donors (Lipinski definition) is 1. The Morgan fingerprint density at radius 2 is 2.29 bits per heavy atom. The molecule has 0 saturated carbocycles. The zero-order valence-corrected chi connectivity index (χ0v) is 10.6. The second-order valence-electron chi connectivity index (χ2n) is 4.55. The van der Waals surface area contributed by atoms with E-state index in [1.54, 1.807) is 0 Å². The summed E-state index contributed by atoms with van der Waals surface area (Å²) in [4.78, 5) is 5.73. The summed E-state index contributed by atoms with van der Waals surface area (Å²) in [6, 6.07) is 4.30. The summed E-state index contributed by atoms with van der Waals surface area (Å²) in [5.74, 6) is 0.679. The van der Waals surface area contributed by atoms with E-state index in [9.17, 15) is 0 Å². The van der Waals surface area contributed by atoms with Crippen molar-refractivity contribution >= 4 is 11.3 Å². The monoisotopic (exact) mass is 247 g/mol. The summed E-state index contributed by atoms with van der Waals surface area (Å²) in [5, 5.41) is 5.55. The summed E-state index contributed by atoms with van der Waals surface area (Å²) in [7, 11) is 0. The van der Waals surface area contributed by atoms with Gasteiger partial charge in [-0.15, -0.1) is 11.3 Å². The van der Waals surface area contributed by atoms with Crippen LogP contribution in [-0.2, 0) is 6.54 Å². The number of imidazole rings is 1. The zero-order valence-electron chi connectivity index (χ0n) is 9.80. The molecule has 3 heterocycles. The molecule has 1 fully saturated rings. The van der Waals surface area contributed by atoms with Crippen molar-refractivity contribution in [2.45, 2.75) is 25.3 Å². The van der Waals surface area contributed by atoms with Crippen molar-refractivity contribution in [1.82, 2.24) is 14.9 Å². The minimum absolute atomic E-state index is 0.679. The molecule has 0 atom stereocenters. The number of rotatable bonds is 3. The van der Waals surface area contributed by atoms with Crippen LogP contribution in [0.1, 0.15) is 29.3 Å². The van der Waals surface area contributed by atoms with E-state index in [0.717, 1.165) is 19.6 Å². The number of piperidine rings is 1. The molecule has 0 bridgehead atoms. The highest BCUT2D eigenvalue weighted by Gasteiger charge is 2.18. The number of nitrogens with one attached hydrogen (secondary N) is 1. The molecule has 1 aliphatic heterocycles. The molecule has 17 heavy (non-hydrogen) atoms. The molecule has 0 radical (unpaired) electrons. The van der Waals surface area contributed by atoms with Crippen LogP contribution in [0.25, 0.3) is 0 Å². The van der Waals surface area contributed by atoms with E-state index < -0.39 is 0 Å². The average Bonchev–Trinajstić information content (AvgIpc) is 3.02. The number of aromatic nitrogens is 2. The van der Waals surface area contributed by atoms with Gasteiger partial charge in [0.2, 0.25) is 0 Å². The summed E-state index contributed by atoms with van der Waals surface area (Å²) < 4.78 is 2.31. The van der Waals surface area contributed by atoms with Gasteiger partial charge in [0.1, 0.15) is 0 Å². The molecule has 4 heteroatoms. The van der Waals surface area contributed by atoms with Gasteiger partial charge in [-0.3, -0.25) is 0 Å². The van der Waals surface area contributed by atoms with Gasteiger partial charge >= 0.3 is 0 Å². The van der Waals surface area contributed by atoms with Crippen molar-refractivity contribution in [3.8, 4) is 0 Å². The first-order valence-electron chi connectivity index (χ1n) is 6.16. The second-order valence-corrected chi connectivity index (χ2v) is 5.58. The van der Waals surface area contributed by atoms with E-state index in [1.165, 1.54) is 23.4 Å². The third-order valence-corrected chi connectivity index (χ3v) is 4.27. The van der Waals surface area contributed by atoms with Crippen molar-refractivity contribution in [1.29, 1.82) is 0 Å². The Morgan fingerprint density at radius 3 is 3.06 bits per heavy atom. The highest BCUT2D eigenvalue weighted by molar-refractivity contribution is 7.09. The molecule has 0 aromatic carbocycles. The normalized spacial score (nSPS) is 17.4. The quantitative estimate of drug-likeness (QED) is 0.903. The van der Waals surface area contributed by atoms with E-state index in [4.69, 9.17) is 0 Å². The molecular formula is C13H17N3S. The molecule has 0 amide bonds. The molecule has 3 nitrogen and oxygen atoms in total. The van der Waals surface area contributed by atoms with E-state index in [-0.39, 0.29) is 0 Å². The van der Waals surface area contributed by atoms with Crippen LogP contribution in [-0.4, -0.2) is 22.6 Å². The third-order valence-electron chi connectivity index (χ3n) is 3.41. The Labute approximate surface area is 106 Å². The molecule has 0 spiro atoms. The minimum Gasteiger partial charge on any atom is -0.329 e. The van der Waals surface area contributed by atoms with Crippen molar-refractivity contribution in [3.63, 3.8) is 0 Å². The van der Waals surface area contributed by atoms with Crippen molar-refractivity contribution < 1.29 is 0 Å². The molecule has 1 aliphatic rings. The fraction of sp³-hybridized carbons (Fsp3) is 0.462. The maximum absolute atomic E-state index is 4.33. The Kier molecular flexibility index (Phi) is 3.25. The molecule has 3 rings (SSSR count). The standard InChI is InChI=1S/C13H17N3S/c1-2-12(17-7-1)9-16-10-15-8-13(16)11-3-5-14-6-4-11/h1-2,7-8,10-11,14H,3-6,9H2. The topological polar surface area (TPSA) is 29.9 Å². The lowest BCUT2D eigenvalue weighted by molar-refractivity contribution is 0.442. The largest absolute Gasteiger partial charge is 0.329 e. The van der Waals surface area contributed by atoms with Crippen LogP contribution in [0.15, 0.2) is 30.0 Å². The molecular weight excluding hydrogens is 230 g/mol. The summed E-state index contributed by atoms with van der Waals surface area (Å²) in [5.41, 5.74) is 1.40. The van der Waals surface area contributed by atoms with E-state index in [1.807, 2.05) is 23.9 Å². The molecule has 2 aromatic rings. The van der Waals surface area contributed by atoms with Crippen LogP contribution in [0.2, 0.25) is 0 Å². The number of nitrogens with zero attached hydrogens (tertiary/aromatic N) is 2. The number of thiophene rings is 1. The molecule has 0 aliphatic carbocycles. The van der Waals surface area contributed by atoms with Crippen LogP contribution in [0, 0.1) is 0 Å². The first-order chi connectivity index (χ1) is 8.43. The van der Waals surface area contributed by atoms with Crippen LogP contribution >= 0.6 is 11.3 Å². The first-order valence-corrected chi connectivity index (χ1v) is 7.04. The fourth-order valence-corrected chi connectivity index (χ4v) is 3.19. The number of hydrogen-bond acceptors (Lipinski definition) is 3. The maximum Gasteiger partial charge on any atom is 0.0951 e. The Morgan fingerprint density at radius 1 is 1.41 bits per heavy atom. The van der Waals surface area contributed by atoms with Gasteiger partial charge < -0.3 is 9.88 Å². The molecule has 1 saturated heterocycles. The maximum atomic E-state index is 4.33. The van der Waals surface area contributed by atoms with Crippen molar-refractivity contribution in [2.24, 2.45) is 0 Å². The summed E-state index contributed by atoms with van der Waals surface area (Å²) >= 11 is 1.82. The van der Waals surface area contributed by atoms with Crippen LogP contribution < -0.4 is 5.32 Å². The lowest BCUT2D eigenvalue weighted by Gasteiger charge is -2.23. The Bertz CT molecular complexity index is 455. The van der Waals surface area contributed by atoms with Crippen LogP contribution in [0.4, 0.5) is 0 Å². The van der Waals surface area contributed by atoms with Gasteiger partial charge in [-0.25, -0.2) is 4.98 Å². The predicted octanol–water partition coefficient (Wildman–Crippen LogP) is 2.46. The van der Waals surface area contributed by atoms with Gasteiger partial charge in [0.05, 0.1) is 12.9 Å². The first kappa shape index (κ1) is 11.0. The highest BCUT2D eigenvalue weighted by atomic mass is 32.1. The summed E-state index contributed by atoms with van der Waals surface area (Å²) in [6.07, 6.45) is 6.48. The van der Waals surface area contributed by atoms with Crippen molar-refractivity contribution in [3.05, 3.63) is 40.6 Å². The van der Waals surface area contributed by atoms with Gasteiger partial charge in [0.25, 0.3) is 0 Å². The third kappa shape index (κ3) is 2.42. The summed E-state index contributed by atoms with van der Waals surface area (Å²) in [6.45, 7) is 3.24. The lowest BCUT2D eigenvalue weighted by Crippen LogP contribution is -2.27. The Balaban J connectivity index is 1.78. The molecule has 0 unspecified atom stereocenters. The van der Waals surface area contributed by atoms with Crippen molar-refractivity contribution in [2.75, 3.05) is 13.1 Å². The van der Waals surface area contributed by atoms with Crippen LogP contribution in [0.5, 0.6) is 0 Å². The van der Waals surface area contributed by atoms with Gasteiger partial charge in [0, 0.05) is 22.7 Å². The van der Waals surface area contributed by atoms with Crippen LogP contribution in [0.3, 0.4) is 0 Å². The van der Waals surface area contributed by atoms with E-state index in [2.05, 4.69) is 32.4 Å². The predicted molar refractivity (Wildman–Crippen MR) is 70.5 cm³/mol. The second kappa shape index (κ2) is 5.02. The molecule has 2 aromatic heterocycles. The smallest absolute Gasteiger partial charge is 0.0951 e. The zero-order chi connectivity index (χ0) is 11.5. The lowest BCUT2D eigenvalue weighted by atomic mass is 9.95. The minimum atomic E-state index is 0.679. The van der Waals surface area contributed by atoms with Gasteiger partial charge in [0.15, 0.2) is 0 Å². The average molecular weight is 247 g/mol. The van der Waals surface area contributed by atoms with Gasteiger partial charge in [-0.05, 0) is 37.4 Å². The van der Waals surface area contributed by atoms with E-state index >= 15 is 0 Å². The fourth-order valence-electron chi connectivity index (χ4n) is 2.49. The SMILES string of the molecule is c1csc(Cn2cncc2C2CCNCC2)c1. The van der Waals surface area contributed by atoms with E-state index in [0.29, 0.717) is 5.92 Å². The highest BCUT2D eigenvalue weighted by Crippen LogP contribution is 2.25. The molecule has 90 valence electrons.